The van der Waals surface area contributed by atoms with Crippen LogP contribution >= 0.6 is 0 Å². The Morgan fingerprint density at radius 1 is 1.18 bits per heavy atom. The highest BCUT2D eigenvalue weighted by Crippen LogP contribution is 2.43. The molecule has 1 amide bonds. The number of likely N-dealkylation sites (tertiary alicyclic amines) is 1. The third-order valence-corrected chi connectivity index (χ3v) is 6.73. The van der Waals surface area contributed by atoms with Crippen molar-refractivity contribution in [2.24, 2.45) is 0 Å². The first-order chi connectivity index (χ1) is 18.9. The zero-order valence-electron chi connectivity index (χ0n) is 21.9. The molecule has 3 heterocycles. The van der Waals surface area contributed by atoms with Gasteiger partial charge in [-0.2, -0.15) is 0 Å². The van der Waals surface area contributed by atoms with Crippen LogP contribution in [0.5, 0.6) is 17.2 Å². The number of amides is 1. The van der Waals surface area contributed by atoms with Crippen molar-refractivity contribution in [3.8, 4) is 17.2 Å². The van der Waals surface area contributed by atoms with E-state index in [1.165, 1.54) is 4.90 Å². The fourth-order valence-corrected chi connectivity index (χ4v) is 5.03. The maximum atomic E-state index is 13.5. The maximum absolute atomic E-state index is 13.5. The van der Waals surface area contributed by atoms with Crippen LogP contribution in [0.1, 0.15) is 42.1 Å². The van der Waals surface area contributed by atoms with Gasteiger partial charge in [-0.25, -0.2) is 0 Å². The van der Waals surface area contributed by atoms with Gasteiger partial charge in [-0.3, -0.25) is 14.6 Å². The molecule has 1 saturated heterocycles. The zero-order valence-corrected chi connectivity index (χ0v) is 21.9. The lowest BCUT2D eigenvalue weighted by molar-refractivity contribution is -0.140. The summed E-state index contributed by atoms with van der Waals surface area (Å²) in [4.78, 5) is 32.5. The summed E-state index contributed by atoms with van der Waals surface area (Å²) in [5.41, 5.74) is 2.76. The van der Waals surface area contributed by atoms with E-state index in [0.29, 0.717) is 42.3 Å². The van der Waals surface area contributed by atoms with E-state index in [2.05, 4.69) is 11.6 Å². The second-order valence-corrected chi connectivity index (χ2v) is 9.48. The minimum Gasteiger partial charge on any atom is -0.507 e. The molecule has 3 aromatic rings. The van der Waals surface area contributed by atoms with E-state index in [-0.39, 0.29) is 24.0 Å². The lowest BCUT2D eigenvalue weighted by Crippen LogP contribution is -2.29. The highest BCUT2D eigenvalue weighted by Gasteiger charge is 2.46. The van der Waals surface area contributed by atoms with E-state index in [4.69, 9.17) is 14.2 Å². The van der Waals surface area contributed by atoms with E-state index in [0.717, 1.165) is 16.9 Å². The summed E-state index contributed by atoms with van der Waals surface area (Å²) in [6, 6.07) is 13.3. The summed E-state index contributed by atoms with van der Waals surface area (Å²) in [6.45, 7) is 8.33. The molecule has 2 aromatic carbocycles. The van der Waals surface area contributed by atoms with Gasteiger partial charge in [0.1, 0.15) is 24.2 Å². The van der Waals surface area contributed by atoms with Gasteiger partial charge in [0.15, 0.2) is 11.5 Å². The molecule has 2 aliphatic rings. The summed E-state index contributed by atoms with van der Waals surface area (Å²) in [7, 11) is 0. The third-order valence-electron chi connectivity index (χ3n) is 6.73. The number of hydrogen-bond acceptors (Lipinski definition) is 7. The van der Waals surface area contributed by atoms with Gasteiger partial charge in [-0.15, -0.1) is 0 Å². The van der Waals surface area contributed by atoms with Crippen molar-refractivity contribution < 1.29 is 28.9 Å². The van der Waals surface area contributed by atoms with Crippen molar-refractivity contribution in [3.63, 3.8) is 0 Å². The van der Waals surface area contributed by atoms with Gasteiger partial charge < -0.3 is 24.2 Å². The Labute approximate surface area is 227 Å². The summed E-state index contributed by atoms with van der Waals surface area (Å²) in [5, 5.41) is 11.5. The second-order valence-electron chi connectivity index (χ2n) is 9.48. The molecule has 0 bridgehead atoms. The maximum Gasteiger partial charge on any atom is 0.295 e. The van der Waals surface area contributed by atoms with Gasteiger partial charge in [-0.05, 0) is 66.9 Å². The molecule has 2 atom stereocenters. The normalized spacial score (nSPS) is 19.5. The molecule has 0 aliphatic carbocycles. The van der Waals surface area contributed by atoms with Crippen LogP contribution < -0.4 is 14.2 Å². The van der Waals surface area contributed by atoms with Crippen LogP contribution in [0.3, 0.4) is 0 Å². The number of aliphatic hydroxyl groups excluding tert-OH is 1. The number of nitrogens with zero attached hydrogens (tertiary/aromatic N) is 2. The SMILES string of the molecule is C=CCOc1ccc([C@@H]2C(=C(O)c3ccc4c(c3)C[C@H](C)O4)C(=O)C(=O)N2Cc2cccnc2)cc1OCC. The predicted molar refractivity (Wildman–Crippen MR) is 146 cm³/mol. The molecule has 1 aromatic heterocycles. The number of aromatic nitrogens is 1. The summed E-state index contributed by atoms with van der Waals surface area (Å²) >= 11 is 0. The Morgan fingerprint density at radius 3 is 2.77 bits per heavy atom. The number of ketones is 1. The van der Waals surface area contributed by atoms with Crippen molar-refractivity contribution in [1.29, 1.82) is 0 Å². The van der Waals surface area contributed by atoms with Crippen LogP contribution in [-0.4, -0.2) is 46.0 Å². The first-order valence-corrected chi connectivity index (χ1v) is 12.9. The first-order valence-electron chi connectivity index (χ1n) is 12.9. The molecule has 8 heteroatoms. The van der Waals surface area contributed by atoms with Crippen LogP contribution in [0, 0.1) is 0 Å². The lowest BCUT2D eigenvalue weighted by atomic mass is 9.94. The fraction of sp³-hybridized carbons (Fsp3) is 0.258. The van der Waals surface area contributed by atoms with Crippen molar-refractivity contribution in [2.45, 2.75) is 39.0 Å². The van der Waals surface area contributed by atoms with E-state index in [9.17, 15) is 14.7 Å². The van der Waals surface area contributed by atoms with Crippen LogP contribution in [0.15, 0.2) is 79.2 Å². The molecule has 8 nitrogen and oxygen atoms in total. The van der Waals surface area contributed by atoms with Crippen LogP contribution in [0.2, 0.25) is 0 Å². The Morgan fingerprint density at radius 2 is 2.03 bits per heavy atom. The minimum absolute atomic E-state index is 0.0120. The Bertz CT molecular complexity index is 1450. The molecule has 5 rings (SSSR count). The minimum atomic E-state index is -0.860. The average molecular weight is 527 g/mol. The molecule has 0 saturated carbocycles. The second kappa shape index (κ2) is 11.0. The third kappa shape index (κ3) is 5.10. The highest BCUT2D eigenvalue weighted by molar-refractivity contribution is 6.46. The number of fused-ring (bicyclic) bond motifs is 1. The molecule has 0 spiro atoms. The molecular formula is C31H30N2O6. The molecular weight excluding hydrogens is 496 g/mol. The molecule has 0 radical (unpaired) electrons. The van der Waals surface area contributed by atoms with E-state index >= 15 is 0 Å². The molecule has 2 aliphatic heterocycles. The van der Waals surface area contributed by atoms with Crippen LogP contribution in [-0.2, 0) is 22.6 Å². The number of pyridine rings is 1. The Kier molecular flexibility index (Phi) is 7.36. The fourth-order valence-electron chi connectivity index (χ4n) is 5.03. The summed E-state index contributed by atoms with van der Waals surface area (Å²) < 4.78 is 17.4. The standard InChI is InChI=1S/C31H30N2O6/c1-4-13-38-25-11-8-21(16-26(25)37-5-2)28-27(29(34)22-9-10-24-23(15-22)14-19(3)39-24)30(35)31(36)33(28)18-20-7-6-12-32-17-20/h4,6-12,15-17,19,28,34H,1,5,13-14,18H2,2-3H3/t19-,28+/m0/s1. The number of hydrogen-bond donors (Lipinski definition) is 1. The monoisotopic (exact) mass is 526 g/mol. The van der Waals surface area contributed by atoms with Gasteiger partial charge >= 0.3 is 0 Å². The number of ether oxygens (including phenoxy) is 3. The van der Waals surface area contributed by atoms with Crippen LogP contribution in [0.4, 0.5) is 0 Å². The van der Waals surface area contributed by atoms with Crippen molar-refractivity contribution in [3.05, 3.63) is 101 Å². The number of benzene rings is 2. The largest absolute Gasteiger partial charge is 0.507 e. The topological polar surface area (TPSA) is 98.2 Å². The Balaban J connectivity index is 1.64. The smallest absolute Gasteiger partial charge is 0.295 e. The van der Waals surface area contributed by atoms with Crippen molar-refractivity contribution in [1.82, 2.24) is 9.88 Å². The Hall–Kier alpha value is -4.59. The van der Waals surface area contributed by atoms with E-state index in [1.807, 2.05) is 26.0 Å². The summed E-state index contributed by atoms with van der Waals surface area (Å²) in [6.07, 6.45) is 5.65. The molecule has 200 valence electrons. The van der Waals surface area contributed by atoms with E-state index in [1.54, 1.807) is 54.9 Å². The molecule has 1 fully saturated rings. The summed E-state index contributed by atoms with van der Waals surface area (Å²) in [5.74, 6) is 0.0401. The highest BCUT2D eigenvalue weighted by atomic mass is 16.5. The van der Waals surface area contributed by atoms with Gasteiger partial charge in [0.05, 0.1) is 18.2 Å². The number of carbonyl (C=O) groups excluding carboxylic acids is 2. The van der Waals surface area contributed by atoms with Gasteiger partial charge in [0, 0.05) is 30.9 Å². The molecule has 39 heavy (non-hydrogen) atoms. The zero-order chi connectivity index (χ0) is 27.5. The van der Waals surface area contributed by atoms with Crippen molar-refractivity contribution in [2.75, 3.05) is 13.2 Å². The quantitative estimate of drug-likeness (QED) is 0.182. The molecule has 1 N–H and O–H groups in total. The number of Topliss-reactive ketones (excluding diaryl/α,β-unsaturated/α-hetero) is 1. The molecule has 0 unspecified atom stereocenters. The van der Waals surface area contributed by atoms with Gasteiger partial charge in [-0.1, -0.05) is 24.8 Å². The predicted octanol–water partition coefficient (Wildman–Crippen LogP) is 4.99. The van der Waals surface area contributed by atoms with Crippen LogP contribution in [0.25, 0.3) is 5.76 Å². The number of rotatable bonds is 9. The first kappa shape index (κ1) is 26.0. The number of aliphatic hydroxyl groups is 1. The van der Waals surface area contributed by atoms with E-state index < -0.39 is 17.7 Å². The van der Waals surface area contributed by atoms with Crippen molar-refractivity contribution >= 4 is 17.4 Å². The lowest BCUT2D eigenvalue weighted by Gasteiger charge is -2.26. The average Bonchev–Trinajstić information content (AvgIpc) is 3.43. The van der Waals surface area contributed by atoms with Gasteiger partial charge in [0.25, 0.3) is 11.7 Å². The van der Waals surface area contributed by atoms with Gasteiger partial charge in [0.2, 0.25) is 0 Å². The number of carbonyl (C=O) groups is 2.